The van der Waals surface area contributed by atoms with Crippen molar-refractivity contribution in [2.45, 2.75) is 18.8 Å². The Labute approximate surface area is 112 Å². The molecule has 1 aromatic carbocycles. The summed E-state index contributed by atoms with van der Waals surface area (Å²) in [7, 11) is 3.27. The quantitative estimate of drug-likeness (QED) is 0.912. The first-order chi connectivity index (χ1) is 9.15. The Kier molecular flexibility index (Phi) is 4.14. The number of carbonyl (C=O) groups is 1. The number of hydrogen-bond donors (Lipinski definition) is 1. The first-order valence-electron chi connectivity index (χ1n) is 6.35. The predicted octanol–water partition coefficient (Wildman–Crippen LogP) is 2.56. The van der Waals surface area contributed by atoms with E-state index in [2.05, 4.69) is 0 Å². The zero-order valence-electron chi connectivity index (χ0n) is 11.3. The van der Waals surface area contributed by atoms with Crippen LogP contribution in [-0.4, -0.2) is 43.4 Å². The van der Waals surface area contributed by atoms with Gasteiger partial charge in [0.05, 0.1) is 14.2 Å². The molecule has 1 aliphatic rings. The van der Waals surface area contributed by atoms with Gasteiger partial charge in [0.2, 0.25) is 0 Å². The molecule has 0 aromatic heterocycles. The van der Waals surface area contributed by atoms with Crippen LogP contribution in [0.3, 0.4) is 0 Å². The molecule has 1 heterocycles. The molecule has 0 aliphatic carbocycles. The van der Waals surface area contributed by atoms with Gasteiger partial charge in [-0.25, -0.2) is 4.79 Å². The molecule has 0 bridgehead atoms. The maximum Gasteiger partial charge on any atom is 0.407 e. The van der Waals surface area contributed by atoms with E-state index in [1.54, 1.807) is 14.2 Å². The summed E-state index contributed by atoms with van der Waals surface area (Å²) in [5.74, 6) is 1.92. The molecule has 0 radical (unpaired) electrons. The third-order valence-electron chi connectivity index (χ3n) is 3.65. The number of carboxylic acid groups (broad SMARTS) is 1. The number of rotatable bonds is 3. The second-order valence-electron chi connectivity index (χ2n) is 4.65. The molecule has 19 heavy (non-hydrogen) atoms. The van der Waals surface area contributed by atoms with Crippen LogP contribution in [0.4, 0.5) is 4.79 Å². The fourth-order valence-corrected chi connectivity index (χ4v) is 2.54. The van der Waals surface area contributed by atoms with Crippen molar-refractivity contribution in [3.05, 3.63) is 23.8 Å². The fraction of sp³-hybridized carbons (Fsp3) is 0.500. The van der Waals surface area contributed by atoms with E-state index in [9.17, 15) is 4.79 Å². The second kappa shape index (κ2) is 5.82. The SMILES string of the molecule is COc1ccc(C2CCN(C(=O)O)CC2)c(OC)c1. The summed E-state index contributed by atoms with van der Waals surface area (Å²) in [6.45, 7) is 1.16. The second-order valence-corrected chi connectivity index (χ2v) is 4.65. The fourth-order valence-electron chi connectivity index (χ4n) is 2.54. The molecule has 1 amide bonds. The lowest BCUT2D eigenvalue weighted by Crippen LogP contribution is -2.36. The van der Waals surface area contributed by atoms with Crippen molar-refractivity contribution in [3.8, 4) is 11.5 Å². The number of methoxy groups -OCH3 is 2. The number of hydrogen-bond acceptors (Lipinski definition) is 3. The highest BCUT2D eigenvalue weighted by atomic mass is 16.5. The van der Waals surface area contributed by atoms with Crippen LogP contribution in [0.25, 0.3) is 0 Å². The van der Waals surface area contributed by atoms with Gasteiger partial charge in [0, 0.05) is 19.2 Å². The summed E-state index contributed by atoms with van der Waals surface area (Å²) in [5, 5.41) is 8.95. The van der Waals surface area contributed by atoms with E-state index in [-0.39, 0.29) is 0 Å². The van der Waals surface area contributed by atoms with Gasteiger partial charge in [-0.2, -0.15) is 0 Å². The Hall–Kier alpha value is -1.91. The smallest absolute Gasteiger partial charge is 0.407 e. The van der Waals surface area contributed by atoms with E-state index in [1.165, 1.54) is 4.90 Å². The minimum Gasteiger partial charge on any atom is -0.497 e. The van der Waals surface area contributed by atoms with Crippen molar-refractivity contribution in [1.29, 1.82) is 0 Å². The van der Waals surface area contributed by atoms with Gasteiger partial charge >= 0.3 is 6.09 Å². The highest BCUT2D eigenvalue weighted by Crippen LogP contribution is 2.36. The molecule has 1 N–H and O–H groups in total. The number of nitrogens with zero attached hydrogens (tertiary/aromatic N) is 1. The largest absolute Gasteiger partial charge is 0.497 e. The molecule has 0 spiro atoms. The zero-order chi connectivity index (χ0) is 13.8. The minimum atomic E-state index is -0.833. The predicted molar refractivity (Wildman–Crippen MR) is 71.1 cm³/mol. The standard InChI is InChI=1S/C14H19NO4/c1-18-11-3-4-12(13(9-11)19-2)10-5-7-15(8-6-10)14(16)17/h3-4,9-10H,5-8H2,1-2H3,(H,16,17). The lowest BCUT2D eigenvalue weighted by atomic mass is 9.89. The van der Waals surface area contributed by atoms with Gasteiger partial charge in [-0.3, -0.25) is 0 Å². The average molecular weight is 265 g/mol. The third kappa shape index (κ3) is 2.92. The molecular formula is C14H19NO4. The van der Waals surface area contributed by atoms with E-state index in [0.717, 1.165) is 29.9 Å². The van der Waals surface area contributed by atoms with Gasteiger partial charge in [0.1, 0.15) is 11.5 Å². The Morgan fingerprint density at radius 3 is 2.47 bits per heavy atom. The number of amides is 1. The number of ether oxygens (including phenoxy) is 2. The van der Waals surface area contributed by atoms with Crippen LogP contribution >= 0.6 is 0 Å². The minimum absolute atomic E-state index is 0.344. The molecule has 2 rings (SSSR count). The van der Waals surface area contributed by atoms with Crippen molar-refractivity contribution in [3.63, 3.8) is 0 Å². The van der Waals surface area contributed by atoms with E-state index < -0.39 is 6.09 Å². The van der Waals surface area contributed by atoms with Crippen LogP contribution in [0.5, 0.6) is 11.5 Å². The summed E-state index contributed by atoms with van der Waals surface area (Å²) in [5.41, 5.74) is 1.13. The van der Waals surface area contributed by atoms with Crippen molar-refractivity contribution in [1.82, 2.24) is 4.90 Å². The Morgan fingerprint density at radius 2 is 1.95 bits per heavy atom. The van der Waals surface area contributed by atoms with Gasteiger partial charge in [0.15, 0.2) is 0 Å². The Bertz CT molecular complexity index is 453. The monoisotopic (exact) mass is 265 g/mol. The molecule has 0 saturated carbocycles. The maximum atomic E-state index is 10.9. The molecule has 5 nitrogen and oxygen atoms in total. The van der Waals surface area contributed by atoms with Gasteiger partial charge in [-0.05, 0) is 30.4 Å². The zero-order valence-corrected chi connectivity index (χ0v) is 11.3. The van der Waals surface area contributed by atoms with Gasteiger partial charge in [-0.15, -0.1) is 0 Å². The molecule has 5 heteroatoms. The van der Waals surface area contributed by atoms with Crippen LogP contribution in [0.1, 0.15) is 24.3 Å². The highest BCUT2D eigenvalue weighted by molar-refractivity contribution is 5.65. The van der Waals surface area contributed by atoms with Crippen molar-refractivity contribution in [2.24, 2.45) is 0 Å². The molecule has 104 valence electrons. The van der Waals surface area contributed by atoms with Gasteiger partial charge < -0.3 is 19.5 Å². The molecule has 0 atom stereocenters. The van der Waals surface area contributed by atoms with E-state index in [1.807, 2.05) is 18.2 Å². The van der Waals surface area contributed by atoms with E-state index in [4.69, 9.17) is 14.6 Å². The summed E-state index contributed by atoms with van der Waals surface area (Å²) in [6.07, 6.45) is 0.824. The summed E-state index contributed by atoms with van der Waals surface area (Å²) >= 11 is 0. The van der Waals surface area contributed by atoms with Crippen LogP contribution in [0.15, 0.2) is 18.2 Å². The van der Waals surface area contributed by atoms with E-state index >= 15 is 0 Å². The van der Waals surface area contributed by atoms with Crippen LogP contribution in [0.2, 0.25) is 0 Å². The van der Waals surface area contributed by atoms with Crippen molar-refractivity contribution < 1.29 is 19.4 Å². The molecule has 1 saturated heterocycles. The normalized spacial score (nSPS) is 16.2. The Morgan fingerprint density at radius 1 is 1.26 bits per heavy atom. The average Bonchev–Trinajstić information content (AvgIpc) is 2.46. The molecule has 1 aliphatic heterocycles. The lowest BCUT2D eigenvalue weighted by molar-refractivity contribution is 0.132. The molecule has 1 fully saturated rings. The first kappa shape index (κ1) is 13.5. The van der Waals surface area contributed by atoms with Gasteiger partial charge in [0.25, 0.3) is 0 Å². The number of benzene rings is 1. The maximum absolute atomic E-state index is 10.9. The molecule has 1 aromatic rings. The highest BCUT2D eigenvalue weighted by Gasteiger charge is 2.25. The van der Waals surface area contributed by atoms with E-state index in [0.29, 0.717) is 19.0 Å². The van der Waals surface area contributed by atoms with Crippen molar-refractivity contribution >= 4 is 6.09 Å². The topological polar surface area (TPSA) is 59.0 Å². The summed E-state index contributed by atoms with van der Waals surface area (Å²) in [4.78, 5) is 12.4. The van der Waals surface area contributed by atoms with Crippen LogP contribution < -0.4 is 9.47 Å². The molecular weight excluding hydrogens is 246 g/mol. The number of piperidine rings is 1. The van der Waals surface area contributed by atoms with Crippen LogP contribution in [0, 0.1) is 0 Å². The number of likely N-dealkylation sites (tertiary alicyclic amines) is 1. The third-order valence-corrected chi connectivity index (χ3v) is 3.65. The summed E-state index contributed by atoms with van der Waals surface area (Å²) in [6, 6.07) is 5.80. The first-order valence-corrected chi connectivity index (χ1v) is 6.35. The molecule has 0 unspecified atom stereocenters. The summed E-state index contributed by atoms with van der Waals surface area (Å²) < 4.78 is 10.6. The van der Waals surface area contributed by atoms with Crippen LogP contribution in [-0.2, 0) is 0 Å². The Balaban J connectivity index is 2.12. The van der Waals surface area contributed by atoms with Gasteiger partial charge in [-0.1, -0.05) is 6.07 Å². The van der Waals surface area contributed by atoms with Crippen molar-refractivity contribution in [2.75, 3.05) is 27.3 Å². The lowest BCUT2D eigenvalue weighted by Gasteiger charge is -2.30.